The topological polar surface area (TPSA) is 40.1 Å². The number of aliphatic imine (C=N–C) groups is 1. The van der Waals surface area contributed by atoms with Crippen LogP contribution in [-0.2, 0) is 0 Å². The second kappa shape index (κ2) is 10.1. The highest BCUT2D eigenvalue weighted by molar-refractivity contribution is 14.0. The lowest BCUT2D eigenvalue weighted by molar-refractivity contribution is 0.315. The van der Waals surface area contributed by atoms with Crippen molar-refractivity contribution in [2.45, 2.75) is 44.6 Å². The van der Waals surface area contributed by atoms with Crippen LogP contribution in [0.5, 0.6) is 5.75 Å². The normalized spacial score (nSPS) is 25.6. The van der Waals surface area contributed by atoms with Gasteiger partial charge in [0.05, 0.1) is 7.11 Å². The molecule has 2 saturated heterocycles. The molecule has 1 N–H and O–H groups in total. The molecule has 0 bridgehead atoms. The molecule has 2 aliphatic heterocycles. The van der Waals surface area contributed by atoms with Crippen LogP contribution in [0.15, 0.2) is 29.3 Å². The molecule has 1 aromatic rings. The van der Waals surface area contributed by atoms with Gasteiger partial charge in [-0.15, -0.1) is 24.0 Å². The molecule has 6 heteroatoms. The SMILES string of the molecule is CCNC(=NCC1CCN(C2CC2)C1)N1CCC(c2ccc(OC)cc2)C1.I. The van der Waals surface area contributed by atoms with Gasteiger partial charge in [-0.1, -0.05) is 12.1 Å². The van der Waals surface area contributed by atoms with Gasteiger partial charge in [-0.2, -0.15) is 0 Å². The molecule has 28 heavy (non-hydrogen) atoms. The fourth-order valence-corrected chi connectivity index (χ4v) is 4.53. The van der Waals surface area contributed by atoms with Crippen molar-refractivity contribution in [2.24, 2.45) is 10.9 Å². The summed E-state index contributed by atoms with van der Waals surface area (Å²) in [7, 11) is 1.72. The number of benzene rings is 1. The summed E-state index contributed by atoms with van der Waals surface area (Å²) in [5.41, 5.74) is 1.41. The summed E-state index contributed by atoms with van der Waals surface area (Å²) < 4.78 is 5.29. The molecule has 3 aliphatic rings. The van der Waals surface area contributed by atoms with E-state index < -0.39 is 0 Å². The Balaban J connectivity index is 0.00000225. The summed E-state index contributed by atoms with van der Waals surface area (Å²) in [4.78, 5) is 10.2. The Bertz CT molecular complexity index is 646. The van der Waals surface area contributed by atoms with Crippen molar-refractivity contribution in [1.29, 1.82) is 0 Å². The van der Waals surface area contributed by atoms with Gasteiger partial charge < -0.3 is 19.9 Å². The summed E-state index contributed by atoms with van der Waals surface area (Å²) >= 11 is 0. The Labute approximate surface area is 186 Å². The van der Waals surface area contributed by atoms with E-state index in [0.29, 0.717) is 5.92 Å². The molecule has 2 unspecified atom stereocenters. The van der Waals surface area contributed by atoms with Crippen LogP contribution in [0.3, 0.4) is 0 Å². The van der Waals surface area contributed by atoms with E-state index in [-0.39, 0.29) is 24.0 Å². The number of methoxy groups -OCH3 is 1. The molecule has 2 heterocycles. The molecule has 0 radical (unpaired) electrons. The first-order valence-electron chi connectivity index (χ1n) is 10.7. The van der Waals surface area contributed by atoms with Gasteiger partial charge in [0.15, 0.2) is 5.96 Å². The summed E-state index contributed by atoms with van der Waals surface area (Å²) in [6.07, 6.45) is 5.34. The Morgan fingerprint density at radius 2 is 1.89 bits per heavy atom. The number of hydrogen-bond acceptors (Lipinski definition) is 3. The lowest BCUT2D eigenvalue weighted by atomic mass is 9.98. The Hall–Kier alpha value is -1.02. The highest BCUT2D eigenvalue weighted by Gasteiger charge is 2.34. The average molecular weight is 498 g/mol. The van der Waals surface area contributed by atoms with Crippen molar-refractivity contribution >= 4 is 29.9 Å². The zero-order valence-corrected chi connectivity index (χ0v) is 19.6. The van der Waals surface area contributed by atoms with Gasteiger partial charge in [0.2, 0.25) is 0 Å². The summed E-state index contributed by atoms with van der Waals surface area (Å²) in [6.45, 7) is 8.73. The second-order valence-electron chi connectivity index (χ2n) is 8.28. The van der Waals surface area contributed by atoms with E-state index in [0.717, 1.165) is 49.8 Å². The zero-order chi connectivity index (χ0) is 18.6. The van der Waals surface area contributed by atoms with E-state index >= 15 is 0 Å². The predicted molar refractivity (Wildman–Crippen MR) is 126 cm³/mol. The lowest BCUT2D eigenvalue weighted by Crippen LogP contribution is -2.40. The number of nitrogens with zero attached hydrogens (tertiary/aromatic N) is 3. The maximum absolute atomic E-state index is 5.29. The van der Waals surface area contributed by atoms with E-state index in [1.807, 2.05) is 0 Å². The molecular weight excluding hydrogens is 463 g/mol. The molecule has 3 fully saturated rings. The van der Waals surface area contributed by atoms with Crippen LogP contribution in [0, 0.1) is 5.92 Å². The van der Waals surface area contributed by atoms with Gasteiger partial charge in [0, 0.05) is 44.7 Å². The van der Waals surface area contributed by atoms with Crippen molar-refractivity contribution in [3.05, 3.63) is 29.8 Å². The molecule has 1 aromatic carbocycles. The number of nitrogens with one attached hydrogen (secondary N) is 1. The molecule has 2 atom stereocenters. The number of ether oxygens (including phenoxy) is 1. The molecule has 0 aromatic heterocycles. The third-order valence-corrected chi connectivity index (χ3v) is 6.29. The summed E-state index contributed by atoms with van der Waals surface area (Å²) in [5, 5.41) is 3.53. The molecule has 1 aliphatic carbocycles. The Morgan fingerprint density at radius 1 is 1.11 bits per heavy atom. The third kappa shape index (κ3) is 5.32. The minimum atomic E-state index is 0. The van der Waals surface area contributed by atoms with Crippen LogP contribution in [-0.4, -0.2) is 68.2 Å². The number of guanidine groups is 1. The van der Waals surface area contributed by atoms with E-state index in [1.165, 1.54) is 44.3 Å². The molecule has 5 nitrogen and oxygen atoms in total. The fourth-order valence-electron chi connectivity index (χ4n) is 4.53. The number of hydrogen-bond donors (Lipinski definition) is 1. The van der Waals surface area contributed by atoms with Crippen molar-refractivity contribution in [1.82, 2.24) is 15.1 Å². The molecule has 0 amide bonds. The van der Waals surface area contributed by atoms with E-state index in [4.69, 9.17) is 9.73 Å². The van der Waals surface area contributed by atoms with Crippen molar-refractivity contribution < 1.29 is 4.74 Å². The zero-order valence-electron chi connectivity index (χ0n) is 17.3. The quantitative estimate of drug-likeness (QED) is 0.370. The standard InChI is InChI=1S/C22H34N4O.HI/c1-3-23-22(24-14-17-10-12-25(15-17)20-6-7-20)26-13-11-19(16-26)18-4-8-21(27-2)9-5-18;/h4-5,8-9,17,19-20H,3,6-7,10-16H2,1-2H3,(H,23,24);1H. The number of likely N-dealkylation sites (tertiary alicyclic amines) is 2. The minimum Gasteiger partial charge on any atom is -0.497 e. The van der Waals surface area contributed by atoms with Crippen LogP contribution >= 0.6 is 24.0 Å². The highest BCUT2D eigenvalue weighted by Crippen LogP contribution is 2.32. The van der Waals surface area contributed by atoms with E-state index in [9.17, 15) is 0 Å². The van der Waals surface area contributed by atoms with E-state index in [2.05, 4.69) is 46.3 Å². The summed E-state index contributed by atoms with van der Waals surface area (Å²) in [6, 6.07) is 9.46. The molecule has 1 saturated carbocycles. The van der Waals surface area contributed by atoms with Crippen LogP contribution in [0.4, 0.5) is 0 Å². The van der Waals surface area contributed by atoms with Gasteiger partial charge in [0.25, 0.3) is 0 Å². The first-order valence-corrected chi connectivity index (χ1v) is 10.7. The smallest absolute Gasteiger partial charge is 0.193 e. The Kier molecular flexibility index (Phi) is 7.85. The van der Waals surface area contributed by atoms with Crippen LogP contribution in [0.1, 0.15) is 44.1 Å². The molecular formula is C22H35IN4O. The number of rotatable bonds is 6. The van der Waals surface area contributed by atoms with Gasteiger partial charge in [0.1, 0.15) is 5.75 Å². The van der Waals surface area contributed by atoms with Gasteiger partial charge in [-0.05, 0) is 62.8 Å². The largest absolute Gasteiger partial charge is 0.497 e. The third-order valence-electron chi connectivity index (χ3n) is 6.29. The molecule has 4 rings (SSSR count). The fraction of sp³-hybridized carbons (Fsp3) is 0.682. The highest BCUT2D eigenvalue weighted by atomic mass is 127. The van der Waals surface area contributed by atoms with Gasteiger partial charge in [-0.3, -0.25) is 4.99 Å². The predicted octanol–water partition coefficient (Wildman–Crippen LogP) is 3.55. The van der Waals surface area contributed by atoms with Gasteiger partial charge in [-0.25, -0.2) is 0 Å². The summed E-state index contributed by atoms with van der Waals surface area (Å²) in [5.74, 6) is 3.36. The minimum absolute atomic E-state index is 0. The van der Waals surface area contributed by atoms with Crippen LogP contribution in [0.25, 0.3) is 0 Å². The van der Waals surface area contributed by atoms with Crippen molar-refractivity contribution in [3.63, 3.8) is 0 Å². The van der Waals surface area contributed by atoms with Crippen molar-refractivity contribution in [3.8, 4) is 5.75 Å². The second-order valence-corrected chi connectivity index (χ2v) is 8.28. The van der Waals surface area contributed by atoms with Gasteiger partial charge >= 0.3 is 0 Å². The number of halogens is 1. The maximum atomic E-state index is 5.29. The monoisotopic (exact) mass is 498 g/mol. The first-order chi connectivity index (χ1) is 13.3. The van der Waals surface area contributed by atoms with Crippen LogP contribution < -0.4 is 10.1 Å². The maximum Gasteiger partial charge on any atom is 0.193 e. The Morgan fingerprint density at radius 3 is 2.57 bits per heavy atom. The lowest BCUT2D eigenvalue weighted by Gasteiger charge is -2.22. The average Bonchev–Trinajstić information content (AvgIpc) is 3.25. The molecule has 156 valence electrons. The van der Waals surface area contributed by atoms with Crippen LogP contribution in [0.2, 0.25) is 0 Å². The molecule has 0 spiro atoms. The van der Waals surface area contributed by atoms with Crippen molar-refractivity contribution in [2.75, 3.05) is 46.4 Å². The first kappa shape index (κ1) is 21.7. The van der Waals surface area contributed by atoms with E-state index in [1.54, 1.807) is 7.11 Å².